The topological polar surface area (TPSA) is 79.6 Å². The van der Waals surface area contributed by atoms with Crippen molar-refractivity contribution < 1.29 is 9.53 Å². The number of morpholine rings is 1. The van der Waals surface area contributed by atoms with Gasteiger partial charge in [-0.2, -0.15) is 0 Å². The predicted octanol–water partition coefficient (Wildman–Crippen LogP) is 0.423. The first kappa shape index (κ1) is 14.8. The lowest BCUT2D eigenvalue weighted by Gasteiger charge is -2.29. The Hall–Kier alpha value is -1.63. The fourth-order valence-electron chi connectivity index (χ4n) is 2.33. The first-order chi connectivity index (χ1) is 9.70. The van der Waals surface area contributed by atoms with Crippen molar-refractivity contribution in [2.45, 2.75) is 13.0 Å². The molecule has 0 radical (unpaired) electrons. The van der Waals surface area contributed by atoms with Crippen molar-refractivity contribution in [3.05, 3.63) is 29.8 Å². The number of hydrazine groups is 1. The van der Waals surface area contributed by atoms with E-state index in [0.29, 0.717) is 11.3 Å². The Bertz CT molecular complexity index is 447. The summed E-state index contributed by atoms with van der Waals surface area (Å²) in [6.07, 6.45) is 0. The first-order valence-electron chi connectivity index (χ1n) is 6.87. The second-order valence-electron chi connectivity index (χ2n) is 4.98. The van der Waals surface area contributed by atoms with Gasteiger partial charge >= 0.3 is 0 Å². The molecule has 1 unspecified atom stereocenters. The van der Waals surface area contributed by atoms with Gasteiger partial charge in [-0.05, 0) is 19.1 Å². The first-order valence-corrected chi connectivity index (χ1v) is 6.87. The summed E-state index contributed by atoms with van der Waals surface area (Å²) >= 11 is 0. The number of ether oxygens (including phenoxy) is 1. The lowest BCUT2D eigenvalue weighted by Crippen LogP contribution is -2.46. The molecule has 1 heterocycles. The fourth-order valence-corrected chi connectivity index (χ4v) is 2.33. The van der Waals surface area contributed by atoms with Gasteiger partial charge in [-0.1, -0.05) is 12.1 Å². The molecule has 1 amide bonds. The van der Waals surface area contributed by atoms with E-state index >= 15 is 0 Å². The number of nitrogens with one attached hydrogen (secondary N) is 2. The molecule has 0 aliphatic carbocycles. The minimum Gasteiger partial charge on any atom is -0.379 e. The third kappa shape index (κ3) is 3.93. The van der Waals surface area contributed by atoms with Crippen LogP contribution >= 0.6 is 0 Å². The Kier molecular flexibility index (Phi) is 5.34. The van der Waals surface area contributed by atoms with Crippen molar-refractivity contribution in [2.75, 3.05) is 38.3 Å². The van der Waals surface area contributed by atoms with Crippen LogP contribution in [0.25, 0.3) is 0 Å². The molecule has 0 saturated carbocycles. The summed E-state index contributed by atoms with van der Waals surface area (Å²) in [5, 5.41) is 3.00. The maximum absolute atomic E-state index is 12.2. The molecular weight excluding hydrogens is 256 g/mol. The van der Waals surface area contributed by atoms with Gasteiger partial charge in [0.2, 0.25) is 0 Å². The number of hydrogen-bond acceptors (Lipinski definition) is 5. The second-order valence-corrected chi connectivity index (χ2v) is 4.98. The zero-order valence-electron chi connectivity index (χ0n) is 11.8. The van der Waals surface area contributed by atoms with E-state index in [9.17, 15) is 4.79 Å². The van der Waals surface area contributed by atoms with Crippen LogP contribution in [-0.4, -0.2) is 49.7 Å². The van der Waals surface area contributed by atoms with Crippen LogP contribution < -0.4 is 16.6 Å². The molecule has 2 rings (SSSR count). The summed E-state index contributed by atoms with van der Waals surface area (Å²) < 4.78 is 5.31. The van der Waals surface area contributed by atoms with Crippen molar-refractivity contribution in [1.29, 1.82) is 0 Å². The lowest BCUT2D eigenvalue weighted by atomic mass is 10.1. The molecule has 1 aromatic carbocycles. The number of carbonyl (C=O) groups is 1. The molecule has 6 nitrogen and oxygen atoms in total. The van der Waals surface area contributed by atoms with Gasteiger partial charge in [-0.3, -0.25) is 15.5 Å². The number of hydrogen-bond donors (Lipinski definition) is 3. The minimum absolute atomic E-state index is 0.0754. The number of nitrogen functional groups attached to an aromatic ring is 1. The largest absolute Gasteiger partial charge is 0.379 e. The van der Waals surface area contributed by atoms with Crippen LogP contribution in [0, 0.1) is 0 Å². The molecule has 1 saturated heterocycles. The molecule has 6 heteroatoms. The van der Waals surface area contributed by atoms with E-state index in [0.717, 1.165) is 32.8 Å². The molecule has 1 aliphatic rings. The van der Waals surface area contributed by atoms with Gasteiger partial charge in [-0.15, -0.1) is 0 Å². The van der Waals surface area contributed by atoms with Crippen LogP contribution in [0.5, 0.6) is 0 Å². The van der Waals surface area contributed by atoms with Gasteiger partial charge in [-0.25, -0.2) is 0 Å². The highest BCUT2D eigenvalue weighted by molar-refractivity contribution is 5.99. The molecule has 1 aromatic rings. The SMILES string of the molecule is CC(CN1CCOCC1)NC(=O)c1ccccc1NN. The molecule has 1 atom stereocenters. The van der Waals surface area contributed by atoms with E-state index in [1.807, 2.05) is 19.1 Å². The Labute approximate surface area is 119 Å². The maximum Gasteiger partial charge on any atom is 0.253 e. The third-order valence-electron chi connectivity index (χ3n) is 3.34. The number of carbonyl (C=O) groups excluding carboxylic acids is 1. The van der Waals surface area contributed by atoms with E-state index < -0.39 is 0 Å². The highest BCUT2D eigenvalue weighted by atomic mass is 16.5. The number of rotatable bonds is 5. The summed E-state index contributed by atoms with van der Waals surface area (Å²) in [4.78, 5) is 14.5. The second kappa shape index (κ2) is 7.23. The van der Waals surface area contributed by atoms with Crippen LogP contribution in [0.2, 0.25) is 0 Å². The molecule has 0 bridgehead atoms. The lowest BCUT2D eigenvalue weighted by molar-refractivity contribution is 0.0342. The normalized spacial score (nSPS) is 17.5. The monoisotopic (exact) mass is 278 g/mol. The maximum atomic E-state index is 12.2. The average molecular weight is 278 g/mol. The molecule has 20 heavy (non-hydrogen) atoms. The quantitative estimate of drug-likeness (QED) is 0.537. The van der Waals surface area contributed by atoms with E-state index in [4.69, 9.17) is 10.6 Å². The smallest absolute Gasteiger partial charge is 0.253 e. The zero-order valence-corrected chi connectivity index (χ0v) is 11.8. The van der Waals surface area contributed by atoms with E-state index in [-0.39, 0.29) is 11.9 Å². The number of benzene rings is 1. The Balaban J connectivity index is 1.89. The van der Waals surface area contributed by atoms with E-state index in [1.165, 1.54) is 0 Å². The van der Waals surface area contributed by atoms with Gasteiger partial charge in [0.25, 0.3) is 5.91 Å². The molecule has 1 fully saturated rings. The van der Waals surface area contributed by atoms with Gasteiger partial charge in [0.05, 0.1) is 24.5 Å². The Morgan fingerprint density at radius 2 is 2.10 bits per heavy atom. The van der Waals surface area contributed by atoms with Crippen molar-refractivity contribution in [3.8, 4) is 0 Å². The Morgan fingerprint density at radius 1 is 1.40 bits per heavy atom. The van der Waals surface area contributed by atoms with Crippen molar-refractivity contribution in [3.63, 3.8) is 0 Å². The Morgan fingerprint density at radius 3 is 2.80 bits per heavy atom. The summed E-state index contributed by atoms with van der Waals surface area (Å²) in [6, 6.07) is 7.27. The van der Waals surface area contributed by atoms with E-state index in [1.54, 1.807) is 12.1 Å². The van der Waals surface area contributed by atoms with Gasteiger partial charge in [0.1, 0.15) is 0 Å². The highest BCUT2D eigenvalue weighted by Crippen LogP contribution is 2.13. The number of amides is 1. The van der Waals surface area contributed by atoms with Gasteiger partial charge < -0.3 is 15.5 Å². The average Bonchev–Trinajstić information content (AvgIpc) is 2.48. The summed E-state index contributed by atoms with van der Waals surface area (Å²) in [5.74, 6) is 5.30. The zero-order chi connectivity index (χ0) is 14.4. The third-order valence-corrected chi connectivity index (χ3v) is 3.34. The summed E-state index contributed by atoms with van der Waals surface area (Å²) in [6.45, 7) is 6.20. The molecule has 110 valence electrons. The molecule has 1 aliphatic heterocycles. The predicted molar refractivity (Wildman–Crippen MR) is 78.4 cm³/mol. The van der Waals surface area contributed by atoms with Crippen LogP contribution in [0.4, 0.5) is 5.69 Å². The summed E-state index contributed by atoms with van der Waals surface area (Å²) in [7, 11) is 0. The van der Waals surface area contributed by atoms with Crippen molar-refractivity contribution in [2.24, 2.45) is 5.84 Å². The fraction of sp³-hybridized carbons (Fsp3) is 0.500. The van der Waals surface area contributed by atoms with Gasteiger partial charge in [0.15, 0.2) is 0 Å². The number of nitrogens with two attached hydrogens (primary N) is 1. The summed E-state index contributed by atoms with van der Waals surface area (Å²) in [5.41, 5.74) is 3.73. The number of nitrogens with zero attached hydrogens (tertiary/aromatic N) is 1. The van der Waals surface area contributed by atoms with Crippen molar-refractivity contribution in [1.82, 2.24) is 10.2 Å². The highest BCUT2D eigenvalue weighted by Gasteiger charge is 2.17. The number of para-hydroxylation sites is 1. The van der Waals surface area contributed by atoms with Crippen molar-refractivity contribution >= 4 is 11.6 Å². The molecule has 0 aromatic heterocycles. The van der Waals surface area contributed by atoms with Crippen LogP contribution in [0.15, 0.2) is 24.3 Å². The minimum atomic E-state index is -0.112. The van der Waals surface area contributed by atoms with E-state index in [2.05, 4.69) is 15.6 Å². The molecule has 4 N–H and O–H groups in total. The molecule has 0 spiro atoms. The molecular formula is C14H22N4O2. The standard InChI is InChI=1S/C14H22N4O2/c1-11(10-18-6-8-20-9-7-18)16-14(19)12-4-2-3-5-13(12)17-15/h2-5,11,17H,6-10,15H2,1H3,(H,16,19). The van der Waals surface area contributed by atoms with Gasteiger partial charge in [0, 0.05) is 25.7 Å². The van der Waals surface area contributed by atoms with Crippen LogP contribution in [-0.2, 0) is 4.74 Å². The number of anilines is 1. The van der Waals surface area contributed by atoms with Crippen LogP contribution in [0.3, 0.4) is 0 Å². The van der Waals surface area contributed by atoms with Crippen LogP contribution in [0.1, 0.15) is 17.3 Å².